The third-order valence-corrected chi connectivity index (χ3v) is 1.74. The molecule has 0 bridgehead atoms. The van der Waals surface area contributed by atoms with Crippen molar-refractivity contribution in [1.29, 1.82) is 0 Å². The Morgan fingerprint density at radius 1 is 1.71 bits per heavy atom. The smallest absolute Gasteiger partial charge is 0.298 e. The van der Waals surface area contributed by atoms with Crippen molar-refractivity contribution in [3.05, 3.63) is 12.3 Å². The summed E-state index contributed by atoms with van der Waals surface area (Å²) >= 11 is 2.84. The predicted octanol–water partition coefficient (Wildman–Crippen LogP) is 1.76. The number of nitrogens with zero attached hydrogens (tertiary/aromatic N) is 2. The molecule has 0 spiro atoms. The molecule has 74 valence electrons. The van der Waals surface area contributed by atoms with E-state index in [0.717, 1.165) is 0 Å². The molecule has 0 saturated carbocycles. The van der Waals surface area contributed by atoms with E-state index in [1.54, 1.807) is 10.7 Å². The molecule has 0 radical (unpaired) electrons. The minimum absolute atomic E-state index is 0.280. The van der Waals surface area contributed by atoms with Crippen LogP contribution in [0.4, 0.5) is 5.82 Å². The second-order valence-corrected chi connectivity index (χ2v) is 3.34. The van der Waals surface area contributed by atoms with Gasteiger partial charge in [0, 0.05) is 40.2 Å². The SMILES string of the molecule is CC(C)n1ccc(NC(=O)C#CBr)n1. The van der Waals surface area contributed by atoms with Gasteiger partial charge >= 0.3 is 5.91 Å². The largest absolute Gasteiger partial charge is 0.302 e. The van der Waals surface area contributed by atoms with Crippen molar-refractivity contribution in [2.24, 2.45) is 0 Å². The van der Waals surface area contributed by atoms with Crippen LogP contribution in [0.15, 0.2) is 12.3 Å². The number of anilines is 1. The van der Waals surface area contributed by atoms with Gasteiger partial charge in [0.1, 0.15) is 0 Å². The van der Waals surface area contributed by atoms with E-state index < -0.39 is 0 Å². The first-order chi connectivity index (χ1) is 6.63. The lowest BCUT2D eigenvalue weighted by molar-refractivity contribution is -0.111. The van der Waals surface area contributed by atoms with Crippen molar-refractivity contribution >= 4 is 27.7 Å². The standard InChI is InChI=1S/C9H10BrN3O/c1-7(2)13-6-4-8(12-13)11-9(14)3-5-10/h4,6-7H,1-2H3,(H,11,12,14). The van der Waals surface area contributed by atoms with E-state index >= 15 is 0 Å². The van der Waals surface area contributed by atoms with Crippen molar-refractivity contribution in [3.63, 3.8) is 0 Å². The number of halogens is 1. The van der Waals surface area contributed by atoms with Crippen LogP contribution in [0.2, 0.25) is 0 Å². The molecule has 0 aliphatic heterocycles. The van der Waals surface area contributed by atoms with Crippen molar-refractivity contribution in [2.45, 2.75) is 19.9 Å². The van der Waals surface area contributed by atoms with Crippen LogP contribution in [0.1, 0.15) is 19.9 Å². The van der Waals surface area contributed by atoms with E-state index in [1.807, 2.05) is 20.0 Å². The van der Waals surface area contributed by atoms with E-state index in [2.05, 4.69) is 37.1 Å². The average Bonchev–Trinajstić information content (AvgIpc) is 2.53. The quantitative estimate of drug-likeness (QED) is 0.819. The first kappa shape index (κ1) is 10.8. The van der Waals surface area contributed by atoms with E-state index in [4.69, 9.17) is 0 Å². The number of carbonyl (C=O) groups excluding carboxylic acids is 1. The Balaban J connectivity index is 2.67. The molecular formula is C9H10BrN3O. The fourth-order valence-corrected chi connectivity index (χ4v) is 1.06. The number of aromatic nitrogens is 2. The monoisotopic (exact) mass is 255 g/mol. The minimum atomic E-state index is -0.379. The lowest BCUT2D eigenvalue weighted by atomic mass is 10.4. The number of rotatable bonds is 2. The average molecular weight is 256 g/mol. The highest BCUT2D eigenvalue weighted by Crippen LogP contribution is 2.07. The van der Waals surface area contributed by atoms with Crippen molar-refractivity contribution in [3.8, 4) is 10.8 Å². The maximum absolute atomic E-state index is 11.0. The van der Waals surface area contributed by atoms with Gasteiger partial charge in [-0.05, 0) is 18.7 Å². The lowest BCUT2D eigenvalue weighted by Crippen LogP contribution is -2.10. The summed E-state index contributed by atoms with van der Waals surface area (Å²) in [6.07, 6.45) is 1.81. The van der Waals surface area contributed by atoms with Crippen LogP contribution < -0.4 is 5.32 Å². The molecule has 0 aliphatic carbocycles. The maximum atomic E-state index is 11.0. The summed E-state index contributed by atoms with van der Waals surface area (Å²) in [6.45, 7) is 4.02. The van der Waals surface area contributed by atoms with Crippen molar-refractivity contribution < 1.29 is 4.79 Å². The number of hydrogen-bond acceptors (Lipinski definition) is 2. The molecule has 0 unspecified atom stereocenters. The molecule has 1 N–H and O–H groups in total. The zero-order valence-electron chi connectivity index (χ0n) is 7.91. The number of amides is 1. The van der Waals surface area contributed by atoms with Crippen LogP contribution >= 0.6 is 15.9 Å². The normalized spacial score (nSPS) is 9.43. The highest BCUT2D eigenvalue weighted by molar-refractivity contribution is 9.12. The van der Waals surface area contributed by atoms with E-state index in [-0.39, 0.29) is 11.9 Å². The minimum Gasteiger partial charge on any atom is -0.298 e. The van der Waals surface area contributed by atoms with E-state index in [9.17, 15) is 4.79 Å². The van der Waals surface area contributed by atoms with Gasteiger partial charge in [-0.25, -0.2) is 0 Å². The van der Waals surface area contributed by atoms with Crippen LogP contribution in [-0.2, 0) is 4.79 Å². The highest BCUT2D eigenvalue weighted by Gasteiger charge is 2.03. The summed E-state index contributed by atoms with van der Waals surface area (Å²) in [5.41, 5.74) is 0. The van der Waals surface area contributed by atoms with Crippen LogP contribution in [0.5, 0.6) is 0 Å². The van der Waals surface area contributed by atoms with Gasteiger partial charge in [0.25, 0.3) is 0 Å². The molecule has 1 aromatic rings. The first-order valence-corrected chi connectivity index (χ1v) is 4.90. The van der Waals surface area contributed by atoms with Gasteiger partial charge in [0.05, 0.1) is 0 Å². The van der Waals surface area contributed by atoms with Gasteiger partial charge in [0.2, 0.25) is 0 Å². The van der Waals surface area contributed by atoms with Crippen LogP contribution in [0.3, 0.4) is 0 Å². The molecule has 0 aromatic carbocycles. The molecule has 4 nitrogen and oxygen atoms in total. The molecule has 1 amide bonds. The summed E-state index contributed by atoms with van der Waals surface area (Å²) in [5.74, 6) is 2.43. The summed E-state index contributed by atoms with van der Waals surface area (Å²) in [6, 6.07) is 2.01. The third kappa shape index (κ3) is 2.89. The lowest BCUT2D eigenvalue weighted by Gasteiger charge is -2.03. The zero-order valence-corrected chi connectivity index (χ0v) is 9.50. The summed E-state index contributed by atoms with van der Waals surface area (Å²) in [7, 11) is 0. The summed E-state index contributed by atoms with van der Waals surface area (Å²) < 4.78 is 1.76. The van der Waals surface area contributed by atoms with Crippen LogP contribution in [-0.4, -0.2) is 15.7 Å². The fourth-order valence-electron chi connectivity index (χ4n) is 0.883. The van der Waals surface area contributed by atoms with Gasteiger partial charge in [-0.3, -0.25) is 14.8 Å². The molecule has 0 aliphatic rings. The fraction of sp³-hybridized carbons (Fsp3) is 0.333. The van der Waals surface area contributed by atoms with Gasteiger partial charge in [0.15, 0.2) is 5.82 Å². The molecule has 1 aromatic heterocycles. The molecule has 5 heteroatoms. The molecule has 0 fully saturated rings. The van der Waals surface area contributed by atoms with Gasteiger partial charge in [-0.2, -0.15) is 5.10 Å². The molecule has 1 rings (SSSR count). The Labute approximate surface area is 90.8 Å². The Morgan fingerprint density at radius 2 is 2.43 bits per heavy atom. The number of nitrogens with one attached hydrogen (secondary N) is 1. The molecule has 0 atom stereocenters. The highest BCUT2D eigenvalue weighted by atomic mass is 79.9. The topological polar surface area (TPSA) is 46.9 Å². The summed E-state index contributed by atoms with van der Waals surface area (Å²) in [4.78, 5) is 13.4. The Kier molecular flexibility index (Phi) is 3.72. The second-order valence-electron chi connectivity index (χ2n) is 2.95. The van der Waals surface area contributed by atoms with E-state index in [0.29, 0.717) is 5.82 Å². The molecule has 14 heavy (non-hydrogen) atoms. The van der Waals surface area contributed by atoms with Crippen molar-refractivity contribution in [1.82, 2.24) is 9.78 Å². The molecule has 1 heterocycles. The Morgan fingerprint density at radius 3 is 2.93 bits per heavy atom. The van der Waals surface area contributed by atoms with E-state index in [1.165, 1.54) is 0 Å². The Hall–Kier alpha value is -1.28. The number of carbonyl (C=O) groups is 1. The first-order valence-electron chi connectivity index (χ1n) is 4.11. The number of hydrogen-bond donors (Lipinski definition) is 1. The maximum Gasteiger partial charge on any atom is 0.302 e. The van der Waals surface area contributed by atoms with Gasteiger partial charge in [-0.1, -0.05) is 0 Å². The second kappa shape index (κ2) is 4.82. The molecular weight excluding hydrogens is 246 g/mol. The van der Waals surface area contributed by atoms with Gasteiger partial charge in [-0.15, -0.1) is 0 Å². The predicted molar refractivity (Wildman–Crippen MR) is 57.9 cm³/mol. The third-order valence-electron chi connectivity index (χ3n) is 1.54. The summed E-state index contributed by atoms with van der Waals surface area (Å²) in [5, 5.41) is 6.68. The Bertz CT molecular complexity index is 386. The van der Waals surface area contributed by atoms with Gasteiger partial charge < -0.3 is 0 Å². The van der Waals surface area contributed by atoms with Crippen molar-refractivity contribution in [2.75, 3.05) is 5.32 Å². The zero-order chi connectivity index (χ0) is 10.6. The molecule has 0 saturated heterocycles. The van der Waals surface area contributed by atoms with Crippen LogP contribution in [0, 0.1) is 10.8 Å². The van der Waals surface area contributed by atoms with Crippen LogP contribution in [0.25, 0.3) is 0 Å².